The zero-order valence-electron chi connectivity index (χ0n) is 17.4. The minimum Gasteiger partial charge on any atom is -0.489 e. The van der Waals surface area contributed by atoms with Crippen LogP contribution in [-0.2, 0) is 17.8 Å². The molecule has 166 valence electrons. The van der Waals surface area contributed by atoms with Gasteiger partial charge in [-0.25, -0.2) is 14.8 Å². The molecule has 1 saturated heterocycles. The van der Waals surface area contributed by atoms with Gasteiger partial charge in [-0.3, -0.25) is 15.0 Å². The Morgan fingerprint density at radius 1 is 1.44 bits per heavy atom. The number of hydrogen-bond donors (Lipinski definition) is 2. The summed E-state index contributed by atoms with van der Waals surface area (Å²) in [5.41, 5.74) is 1.59. The van der Waals surface area contributed by atoms with Crippen LogP contribution in [0.2, 0.25) is 0 Å². The first-order valence-corrected chi connectivity index (χ1v) is 10.4. The first-order valence-electron chi connectivity index (χ1n) is 10.4. The van der Waals surface area contributed by atoms with Gasteiger partial charge in [-0.05, 0) is 37.3 Å². The van der Waals surface area contributed by atoms with Crippen molar-refractivity contribution in [3.05, 3.63) is 40.7 Å². The summed E-state index contributed by atoms with van der Waals surface area (Å²) >= 11 is 0. The Morgan fingerprint density at radius 2 is 2.31 bits per heavy atom. The maximum Gasteiger partial charge on any atom is 0.328 e. The Bertz CT molecular complexity index is 1060. The quantitative estimate of drug-likeness (QED) is 0.656. The number of rotatable bonds is 6. The van der Waals surface area contributed by atoms with Crippen LogP contribution < -0.4 is 15.0 Å². The van der Waals surface area contributed by atoms with Gasteiger partial charge in [0.2, 0.25) is 0 Å². The monoisotopic (exact) mass is 437 g/mol. The standard InChI is InChI=1S/C22H23N5O5/c23-9-16-10-24-20(8-19(16)32-13-17-4-2-6-31-17)26-22(30)27-5-1-3-14-7-15(11-28)18(12-29)25-21(14)27/h7-8,10,12,17,28H,1-6,11,13H2,(H,24,26,30). The summed E-state index contributed by atoms with van der Waals surface area (Å²) in [7, 11) is 0. The molecule has 0 aromatic carbocycles. The lowest BCUT2D eigenvalue weighted by Crippen LogP contribution is -2.39. The number of aliphatic hydroxyl groups is 1. The second-order valence-corrected chi connectivity index (χ2v) is 7.60. The van der Waals surface area contributed by atoms with Crippen molar-refractivity contribution in [2.45, 2.75) is 38.4 Å². The van der Waals surface area contributed by atoms with Crippen LogP contribution in [0.25, 0.3) is 0 Å². The van der Waals surface area contributed by atoms with Crippen molar-refractivity contribution in [3.8, 4) is 11.8 Å². The second-order valence-electron chi connectivity index (χ2n) is 7.60. The number of aromatic nitrogens is 2. The number of nitrogens with zero attached hydrogens (tertiary/aromatic N) is 4. The molecule has 0 aliphatic carbocycles. The molecule has 1 atom stereocenters. The van der Waals surface area contributed by atoms with E-state index in [4.69, 9.17) is 9.47 Å². The molecule has 0 radical (unpaired) electrons. The van der Waals surface area contributed by atoms with Crippen molar-refractivity contribution >= 4 is 24.0 Å². The number of nitriles is 1. The molecule has 4 rings (SSSR count). The van der Waals surface area contributed by atoms with E-state index in [1.165, 1.54) is 17.2 Å². The molecule has 0 saturated carbocycles. The summed E-state index contributed by atoms with van der Waals surface area (Å²) in [6.07, 6.45) is 5.18. The van der Waals surface area contributed by atoms with Crippen LogP contribution in [0.15, 0.2) is 18.3 Å². The topological polar surface area (TPSA) is 138 Å². The van der Waals surface area contributed by atoms with E-state index in [2.05, 4.69) is 15.3 Å². The van der Waals surface area contributed by atoms with E-state index < -0.39 is 6.03 Å². The molecule has 10 heteroatoms. The molecule has 2 amide bonds. The molecule has 2 aliphatic rings. The number of hydrogen-bond acceptors (Lipinski definition) is 8. The van der Waals surface area contributed by atoms with Crippen LogP contribution in [0.1, 0.15) is 46.4 Å². The highest BCUT2D eigenvalue weighted by molar-refractivity contribution is 6.01. The third kappa shape index (κ3) is 4.54. The molecule has 1 unspecified atom stereocenters. The number of ether oxygens (including phenoxy) is 2. The third-order valence-corrected chi connectivity index (χ3v) is 5.47. The van der Waals surface area contributed by atoms with Crippen LogP contribution >= 0.6 is 0 Å². The van der Waals surface area contributed by atoms with Gasteiger partial charge in [-0.2, -0.15) is 5.26 Å². The lowest BCUT2D eigenvalue weighted by Gasteiger charge is -2.29. The number of pyridine rings is 2. The average Bonchev–Trinajstić information content (AvgIpc) is 3.35. The van der Waals surface area contributed by atoms with Crippen molar-refractivity contribution in [2.75, 3.05) is 30.0 Å². The van der Waals surface area contributed by atoms with Crippen molar-refractivity contribution in [3.63, 3.8) is 0 Å². The largest absolute Gasteiger partial charge is 0.489 e. The molecular formula is C22H23N5O5. The molecular weight excluding hydrogens is 414 g/mol. The molecule has 1 fully saturated rings. The van der Waals surface area contributed by atoms with E-state index in [0.717, 1.165) is 18.4 Å². The Labute approximate surface area is 184 Å². The van der Waals surface area contributed by atoms with Crippen molar-refractivity contribution in [1.29, 1.82) is 5.26 Å². The molecule has 4 heterocycles. The number of urea groups is 1. The van der Waals surface area contributed by atoms with E-state index in [0.29, 0.717) is 56.0 Å². The summed E-state index contributed by atoms with van der Waals surface area (Å²) in [6.45, 7) is 1.14. The van der Waals surface area contributed by atoms with Gasteiger partial charge in [0.1, 0.15) is 41.3 Å². The Kier molecular flexibility index (Phi) is 6.58. The number of fused-ring (bicyclic) bond motifs is 1. The highest BCUT2D eigenvalue weighted by Gasteiger charge is 2.26. The third-order valence-electron chi connectivity index (χ3n) is 5.47. The van der Waals surface area contributed by atoms with Crippen LogP contribution in [0, 0.1) is 11.3 Å². The highest BCUT2D eigenvalue weighted by atomic mass is 16.5. The number of carbonyl (C=O) groups is 2. The van der Waals surface area contributed by atoms with Gasteiger partial charge in [0, 0.05) is 24.8 Å². The number of nitrogens with one attached hydrogen (secondary N) is 1. The van der Waals surface area contributed by atoms with E-state index in [1.807, 2.05) is 6.07 Å². The number of carbonyl (C=O) groups excluding carboxylic acids is 2. The van der Waals surface area contributed by atoms with Crippen LogP contribution in [0.4, 0.5) is 16.4 Å². The number of anilines is 2. The highest BCUT2D eigenvalue weighted by Crippen LogP contribution is 2.28. The van der Waals surface area contributed by atoms with Crippen molar-refractivity contribution in [1.82, 2.24) is 9.97 Å². The first-order chi connectivity index (χ1) is 15.6. The average molecular weight is 437 g/mol. The predicted octanol–water partition coefficient (Wildman–Crippen LogP) is 2.20. The van der Waals surface area contributed by atoms with Gasteiger partial charge in [0.25, 0.3) is 0 Å². The summed E-state index contributed by atoms with van der Waals surface area (Å²) in [6, 6.07) is 4.79. The number of aliphatic hydroxyl groups excluding tert-OH is 1. The van der Waals surface area contributed by atoms with Gasteiger partial charge in [0.05, 0.1) is 18.9 Å². The zero-order valence-corrected chi connectivity index (χ0v) is 17.4. The van der Waals surface area contributed by atoms with E-state index in [9.17, 15) is 20.0 Å². The number of aldehydes is 1. The maximum absolute atomic E-state index is 13.0. The Morgan fingerprint density at radius 3 is 3.03 bits per heavy atom. The molecule has 0 spiro atoms. The zero-order chi connectivity index (χ0) is 22.5. The molecule has 32 heavy (non-hydrogen) atoms. The van der Waals surface area contributed by atoms with Crippen LogP contribution in [-0.4, -0.2) is 53.3 Å². The van der Waals surface area contributed by atoms with Gasteiger partial charge < -0.3 is 14.6 Å². The number of aryl methyl sites for hydroxylation is 1. The van der Waals surface area contributed by atoms with Gasteiger partial charge in [-0.15, -0.1) is 0 Å². The SMILES string of the molecule is N#Cc1cnc(NC(=O)N2CCCc3cc(CO)c(C=O)nc32)cc1OCC1CCCO1. The predicted molar refractivity (Wildman–Crippen MR) is 114 cm³/mol. The van der Waals surface area contributed by atoms with E-state index in [1.54, 1.807) is 6.07 Å². The fourth-order valence-electron chi connectivity index (χ4n) is 3.83. The number of amides is 2. The molecule has 2 aromatic heterocycles. The minimum atomic E-state index is -0.464. The van der Waals surface area contributed by atoms with Gasteiger partial charge in [0.15, 0.2) is 6.29 Å². The smallest absolute Gasteiger partial charge is 0.328 e. The summed E-state index contributed by atoms with van der Waals surface area (Å²) < 4.78 is 11.3. The summed E-state index contributed by atoms with van der Waals surface area (Å²) in [5.74, 6) is 0.934. The summed E-state index contributed by atoms with van der Waals surface area (Å²) in [5, 5.41) is 21.5. The second kappa shape index (κ2) is 9.72. The van der Waals surface area contributed by atoms with Crippen LogP contribution in [0.5, 0.6) is 5.75 Å². The van der Waals surface area contributed by atoms with Gasteiger partial charge in [-0.1, -0.05) is 0 Å². The lowest BCUT2D eigenvalue weighted by molar-refractivity contribution is 0.0678. The fraction of sp³-hybridized carbons (Fsp3) is 0.409. The maximum atomic E-state index is 13.0. The van der Waals surface area contributed by atoms with E-state index in [-0.39, 0.29) is 29.8 Å². The fourth-order valence-corrected chi connectivity index (χ4v) is 3.83. The Balaban J connectivity index is 1.52. The molecule has 2 aliphatic heterocycles. The van der Waals surface area contributed by atoms with Crippen LogP contribution in [0.3, 0.4) is 0 Å². The molecule has 10 nitrogen and oxygen atoms in total. The minimum absolute atomic E-state index is 0.0143. The normalized spacial score (nSPS) is 17.4. The molecule has 0 bridgehead atoms. The van der Waals surface area contributed by atoms with E-state index >= 15 is 0 Å². The van der Waals surface area contributed by atoms with Crippen molar-refractivity contribution in [2.24, 2.45) is 0 Å². The lowest BCUT2D eigenvalue weighted by atomic mass is 10.0. The molecule has 2 N–H and O–H groups in total. The summed E-state index contributed by atoms with van der Waals surface area (Å²) in [4.78, 5) is 34.2. The molecule has 2 aromatic rings. The first kappa shape index (κ1) is 21.7. The van der Waals surface area contributed by atoms with Gasteiger partial charge >= 0.3 is 6.03 Å². The van der Waals surface area contributed by atoms with Crippen molar-refractivity contribution < 1.29 is 24.2 Å². The Hall–Kier alpha value is -3.55.